The minimum Gasteiger partial charge on any atom is -0.353 e. The summed E-state index contributed by atoms with van der Waals surface area (Å²) in [5, 5.41) is 12.9. The monoisotopic (exact) mass is 559 g/mol. The number of nitrogens with one attached hydrogen (secondary N) is 2. The van der Waals surface area contributed by atoms with Crippen molar-refractivity contribution in [3.63, 3.8) is 0 Å². The first-order valence-electron chi connectivity index (χ1n) is 12.9. The Bertz CT molecular complexity index is 1350. The highest BCUT2D eigenvalue weighted by Crippen LogP contribution is 2.28. The highest BCUT2D eigenvalue weighted by atomic mass is 19.3. The lowest BCUT2D eigenvalue weighted by Gasteiger charge is -2.32. The number of aromatic nitrogens is 2. The smallest absolute Gasteiger partial charge is 0.315 e. The summed E-state index contributed by atoms with van der Waals surface area (Å²) in [5.74, 6) is -1.62. The Balaban J connectivity index is 1.51. The van der Waals surface area contributed by atoms with Crippen LogP contribution in [0.4, 0.5) is 18.9 Å². The van der Waals surface area contributed by atoms with Gasteiger partial charge in [0.05, 0.1) is 13.1 Å². The molecule has 1 aliphatic heterocycles. The highest BCUT2D eigenvalue weighted by Gasteiger charge is 2.27. The van der Waals surface area contributed by atoms with E-state index in [1.165, 1.54) is 17.1 Å². The fraction of sp³-hybridized carbons (Fsp3) is 0.407. The van der Waals surface area contributed by atoms with Crippen LogP contribution in [0.15, 0.2) is 40.9 Å². The average Bonchev–Trinajstić information content (AvgIpc) is 3.58. The van der Waals surface area contributed by atoms with Crippen molar-refractivity contribution in [2.75, 3.05) is 44.7 Å². The number of carbonyl (C=O) groups excluding carboxylic acids is 2. The van der Waals surface area contributed by atoms with Crippen molar-refractivity contribution in [3.05, 3.63) is 64.8 Å². The summed E-state index contributed by atoms with van der Waals surface area (Å²) in [4.78, 5) is 31.6. The third-order valence-corrected chi connectivity index (χ3v) is 6.62. The normalized spacial score (nSPS) is 13.0. The summed E-state index contributed by atoms with van der Waals surface area (Å²) in [5.41, 5.74) is 3.51. The fourth-order valence-electron chi connectivity index (χ4n) is 4.49. The van der Waals surface area contributed by atoms with Crippen LogP contribution < -0.4 is 15.5 Å². The first-order chi connectivity index (χ1) is 19.2. The molecule has 2 aromatic carbocycles. The van der Waals surface area contributed by atoms with Crippen LogP contribution in [0.5, 0.6) is 0 Å². The van der Waals surface area contributed by atoms with Gasteiger partial charge in [-0.3, -0.25) is 14.6 Å². The second-order valence-corrected chi connectivity index (χ2v) is 9.47. The molecule has 0 radical (unpaired) electrons. The summed E-state index contributed by atoms with van der Waals surface area (Å²) < 4.78 is 44.1. The first kappa shape index (κ1) is 29.0. The largest absolute Gasteiger partial charge is 0.353 e. The van der Waals surface area contributed by atoms with E-state index in [1.54, 1.807) is 43.1 Å². The van der Waals surface area contributed by atoms with E-state index in [0.717, 1.165) is 17.7 Å². The van der Waals surface area contributed by atoms with Crippen molar-refractivity contribution in [1.82, 2.24) is 30.8 Å². The number of nitrogens with zero attached hydrogens (tertiary/aromatic N) is 5. The van der Waals surface area contributed by atoms with Gasteiger partial charge in [-0.1, -0.05) is 18.1 Å². The van der Waals surface area contributed by atoms with Crippen molar-refractivity contribution in [2.24, 2.45) is 0 Å². The maximum Gasteiger partial charge on any atom is 0.315 e. The third-order valence-electron chi connectivity index (χ3n) is 6.62. The number of aryl methyl sites for hydroxylation is 1. The lowest BCUT2D eigenvalue weighted by atomic mass is 10.1. The number of halogens is 3. The Morgan fingerprint density at radius 3 is 2.58 bits per heavy atom. The van der Waals surface area contributed by atoms with Crippen molar-refractivity contribution in [3.8, 4) is 11.4 Å². The predicted octanol–water partition coefficient (Wildman–Crippen LogP) is 3.04. The molecule has 0 saturated heterocycles. The maximum atomic E-state index is 13.7. The zero-order valence-corrected chi connectivity index (χ0v) is 22.6. The average molecular weight is 560 g/mol. The molecule has 0 aliphatic carbocycles. The molecule has 0 unspecified atom stereocenters. The number of hydrogen-bond donors (Lipinski definition) is 2. The Labute approximate surface area is 230 Å². The molecule has 1 aromatic heterocycles. The van der Waals surface area contributed by atoms with Crippen molar-refractivity contribution < 1.29 is 27.3 Å². The van der Waals surface area contributed by atoms with Gasteiger partial charge < -0.3 is 20.1 Å². The van der Waals surface area contributed by atoms with E-state index in [0.29, 0.717) is 43.0 Å². The van der Waals surface area contributed by atoms with Crippen LogP contribution in [-0.4, -0.2) is 71.7 Å². The predicted molar refractivity (Wildman–Crippen MR) is 142 cm³/mol. The second-order valence-electron chi connectivity index (χ2n) is 9.47. The maximum absolute atomic E-state index is 13.7. The van der Waals surface area contributed by atoms with E-state index in [-0.39, 0.29) is 36.5 Å². The van der Waals surface area contributed by atoms with E-state index < -0.39 is 12.3 Å². The second kappa shape index (κ2) is 12.9. The molecular weight excluding hydrogens is 527 g/mol. The van der Waals surface area contributed by atoms with Gasteiger partial charge in [0.1, 0.15) is 5.82 Å². The number of likely N-dealkylation sites (N-methyl/N-ethyl adjacent to an activating group) is 2. The Kier molecular flexibility index (Phi) is 9.38. The lowest BCUT2D eigenvalue weighted by Crippen LogP contribution is -2.48. The van der Waals surface area contributed by atoms with Gasteiger partial charge in [-0.25, -0.2) is 9.40 Å². The van der Waals surface area contributed by atoms with Crippen molar-refractivity contribution >= 4 is 17.5 Å². The van der Waals surface area contributed by atoms with E-state index in [2.05, 4.69) is 25.3 Å². The van der Waals surface area contributed by atoms with Crippen LogP contribution in [0.2, 0.25) is 0 Å². The molecule has 40 heavy (non-hydrogen) atoms. The molecule has 4 rings (SSSR count). The van der Waals surface area contributed by atoms with Gasteiger partial charge in [0, 0.05) is 44.5 Å². The molecule has 2 heterocycles. The molecule has 3 aromatic rings. The Hall–Kier alpha value is -3.97. The van der Waals surface area contributed by atoms with Crippen LogP contribution in [-0.2, 0) is 22.7 Å². The van der Waals surface area contributed by atoms with Crippen molar-refractivity contribution in [2.45, 2.75) is 33.4 Å². The highest BCUT2D eigenvalue weighted by molar-refractivity contribution is 5.87. The molecule has 214 valence electrons. The Morgan fingerprint density at radius 2 is 1.88 bits per heavy atom. The quantitative estimate of drug-likeness (QED) is 0.326. The summed E-state index contributed by atoms with van der Waals surface area (Å²) in [6.07, 6.45) is -2.88. The first-order valence-corrected chi connectivity index (χ1v) is 12.9. The van der Waals surface area contributed by atoms with Crippen LogP contribution in [0.1, 0.15) is 35.9 Å². The van der Waals surface area contributed by atoms with Gasteiger partial charge in [-0.15, -0.1) is 0 Å². The molecule has 0 atom stereocenters. The van der Waals surface area contributed by atoms with E-state index in [1.807, 2.05) is 11.9 Å². The molecule has 0 fully saturated rings. The number of benzene rings is 2. The fourth-order valence-corrected chi connectivity index (χ4v) is 4.49. The molecule has 0 bridgehead atoms. The minimum atomic E-state index is -2.88. The molecule has 13 heteroatoms. The molecule has 10 nitrogen and oxygen atoms in total. The van der Waals surface area contributed by atoms with Crippen molar-refractivity contribution in [1.29, 1.82) is 0 Å². The van der Waals surface area contributed by atoms with E-state index in [4.69, 9.17) is 0 Å². The van der Waals surface area contributed by atoms with E-state index >= 15 is 0 Å². The number of rotatable bonds is 12. The van der Waals surface area contributed by atoms with E-state index in [9.17, 15) is 22.8 Å². The topological polar surface area (TPSA) is 107 Å². The standard InChI is InChI=1S/C27H32F3N7O3/c1-4-31-9-10-32-23(38)15-36(16-24(39)35(3)37-13-19-5-7-21(28)12-20(19)14-37)22-8-6-18(11-17(22)2)26-33-27(25(29)30)40-34-26/h5-8,11-12,25,31H,4,9-10,13-16H2,1-3H3,(H,32,38). The molecule has 2 N–H and O–H groups in total. The zero-order valence-electron chi connectivity index (χ0n) is 22.6. The number of hydrazine groups is 1. The molecule has 2 amide bonds. The zero-order chi connectivity index (χ0) is 28.8. The van der Waals surface area contributed by atoms with Gasteiger partial charge in [0.15, 0.2) is 0 Å². The van der Waals surface area contributed by atoms with Crippen LogP contribution in [0.25, 0.3) is 11.4 Å². The van der Waals surface area contributed by atoms with Gasteiger partial charge >= 0.3 is 6.43 Å². The number of fused-ring (bicyclic) bond motifs is 1. The number of anilines is 1. The van der Waals surface area contributed by atoms with Gasteiger partial charge in [-0.2, -0.15) is 13.8 Å². The van der Waals surface area contributed by atoms with Crippen LogP contribution in [0.3, 0.4) is 0 Å². The minimum absolute atomic E-state index is 0.0125. The third kappa shape index (κ3) is 6.96. The summed E-state index contributed by atoms with van der Waals surface area (Å²) in [7, 11) is 1.64. The van der Waals surface area contributed by atoms with Crippen LogP contribution in [0, 0.1) is 12.7 Å². The number of amides is 2. The van der Waals surface area contributed by atoms with Gasteiger partial charge in [0.2, 0.25) is 11.7 Å². The van der Waals surface area contributed by atoms with Gasteiger partial charge in [0.25, 0.3) is 11.8 Å². The van der Waals surface area contributed by atoms with Crippen LogP contribution >= 0.6 is 0 Å². The number of hydrogen-bond acceptors (Lipinski definition) is 8. The summed E-state index contributed by atoms with van der Waals surface area (Å²) in [6.45, 7) is 6.21. The molecule has 0 spiro atoms. The SMILES string of the molecule is CCNCCNC(=O)CN(CC(=O)N(C)N1Cc2ccc(F)cc2C1)c1ccc(-c2noc(C(F)F)n2)cc1C. The summed E-state index contributed by atoms with van der Waals surface area (Å²) >= 11 is 0. The molecular formula is C27H32F3N7O3. The van der Waals surface area contributed by atoms with Gasteiger partial charge in [-0.05, 0) is 60.5 Å². The molecule has 0 saturated carbocycles. The number of alkyl halides is 2. The Morgan fingerprint density at radius 1 is 1.10 bits per heavy atom. The number of carbonyl (C=O) groups is 2. The lowest BCUT2D eigenvalue weighted by molar-refractivity contribution is -0.145. The molecule has 1 aliphatic rings. The summed E-state index contributed by atoms with van der Waals surface area (Å²) in [6, 6.07) is 9.58.